The van der Waals surface area contributed by atoms with Gasteiger partial charge in [0, 0.05) is 93.5 Å². The number of allylic oxidation sites excluding steroid dienone is 6. The van der Waals surface area contributed by atoms with Crippen molar-refractivity contribution in [1.29, 1.82) is 0 Å². The van der Waals surface area contributed by atoms with Crippen molar-refractivity contribution >= 4 is 17.3 Å². The maximum absolute atomic E-state index is 11.3. The molecule has 0 aliphatic heterocycles. The van der Waals surface area contributed by atoms with Gasteiger partial charge in [-0.2, -0.15) is 0 Å². The molecule has 0 heterocycles. The number of hydrogen-bond donors (Lipinski definition) is 4. The van der Waals surface area contributed by atoms with Crippen LogP contribution in [0.2, 0.25) is 0 Å². The van der Waals surface area contributed by atoms with Crippen LogP contribution in [0, 0.1) is 263 Å². The van der Waals surface area contributed by atoms with Crippen LogP contribution in [0.1, 0.15) is 354 Å². The fraction of sp³-hybridized carbons (Fsp3) is 0.936. The largest absolute Gasteiger partial charge is 0 e. The second-order valence-electron chi connectivity index (χ2n) is 47.7. The normalized spacial score (nSPS) is 53.3. The van der Waals surface area contributed by atoms with Crippen molar-refractivity contribution in [2.24, 2.45) is 174 Å². The molecule has 0 bridgehead atoms. The Kier molecular flexibility index (Phi) is 24.9. The zero-order valence-corrected chi connectivity index (χ0v) is 86.7. The molecule has 12 fully saturated rings. The fourth-order valence-corrected chi connectivity index (χ4v) is 32.9. The van der Waals surface area contributed by atoms with Gasteiger partial charge in [-0.3, -0.25) is 0 Å². The summed E-state index contributed by atoms with van der Waals surface area (Å²) in [6.45, 7) is 70.5. The predicted molar refractivity (Wildman–Crippen MR) is 427 cm³/mol. The summed E-state index contributed by atoms with van der Waals surface area (Å²) in [5, 5.41) is 44.5. The van der Waals surface area contributed by atoms with Crippen LogP contribution in [0.5, 0.6) is 0 Å². The first-order chi connectivity index (χ1) is 47.0. The summed E-state index contributed by atoms with van der Waals surface area (Å²) in [5.74, 6) is 9.50. The molecule has 595 valence electrons. The van der Waals surface area contributed by atoms with Gasteiger partial charge in [0.15, 0.2) is 0 Å². The average Bonchev–Trinajstić information content (AvgIpc) is 0.684. The summed E-state index contributed by atoms with van der Waals surface area (Å²) in [7, 11) is 3.00. The number of hydrogen-bond acceptors (Lipinski definition) is 6. The molecular weight excluding hydrogens is 1930 g/mol. The van der Waals surface area contributed by atoms with E-state index in [9.17, 15) is 28.8 Å². The summed E-state index contributed by atoms with van der Waals surface area (Å²) in [4.78, 5) is 0. The maximum Gasteiger partial charge on any atom is 0 e. The molecule has 29 atom stereocenters. The Morgan fingerprint density at radius 2 is 0.657 bits per heavy atom. The van der Waals surface area contributed by atoms with Gasteiger partial charge in [0.05, 0.1) is 24.4 Å². The zero-order chi connectivity index (χ0) is 76.6. The SMILES string of the molecule is CC1CCC2(C)C(CCC3(C)C2CC=C2C4CC(C)(C)C(O)C(C)C4(C)CCC23C)C1(C)C.CC1CCC2(C)C(CCC3(C)C2CC=C2C4CC(C)(C)C(O)C(O)C4(C)CCC23C)C1(C)C.CC1CCC2(C)C(CCC3(C)C2CC=C2C4CC(C)(C)C(O)CC4(C)CCC23C)C1(C)C.O=[S](=O)=[W][Cl].[Ac].[Ac]. The molecule has 29 unspecified atom stereocenters. The molecule has 0 saturated heterocycles. The molecule has 6 nitrogen and oxygen atoms in total. The van der Waals surface area contributed by atoms with Crippen LogP contribution in [0.4, 0.5) is 0 Å². The zero-order valence-electron chi connectivity index (χ0n) is 72.7. The molecular formula is C94H158Ac2ClO6SW. The van der Waals surface area contributed by atoms with Gasteiger partial charge in [0.25, 0.3) is 0 Å². The van der Waals surface area contributed by atoms with E-state index in [1.165, 1.54) is 122 Å². The van der Waals surface area contributed by atoms with Crippen LogP contribution in [-0.4, -0.2) is 53.3 Å². The smallest absolute Gasteiger partial charge is 0 e. The van der Waals surface area contributed by atoms with Crippen molar-refractivity contribution in [3.63, 3.8) is 0 Å². The minimum absolute atomic E-state index is 0. The molecule has 0 aromatic heterocycles. The summed E-state index contributed by atoms with van der Waals surface area (Å²) in [5.41, 5.74) is 10.2. The predicted octanol–water partition coefficient (Wildman–Crippen LogP) is 24.5. The molecule has 4 N–H and O–H groups in total. The third-order valence-electron chi connectivity index (χ3n) is 42.2. The van der Waals surface area contributed by atoms with Crippen LogP contribution in [-0.2, 0) is 23.6 Å². The third kappa shape index (κ3) is 13.0. The Morgan fingerprint density at radius 3 is 1.01 bits per heavy atom. The van der Waals surface area contributed by atoms with Crippen LogP contribution in [0.15, 0.2) is 34.9 Å². The Hall–Kier alpha value is 2.74. The molecule has 0 spiro atoms. The van der Waals surface area contributed by atoms with Gasteiger partial charge in [-0.25, -0.2) is 0 Å². The van der Waals surface area contributed by atoms with E-state index in [1.54, 1.807) is 5.57 Å². The second-order valence-corrected chi connectivity index (χ2v) is 55.6. The Balaban J connectivity index is 0.000000162. The fourth-order valence-electron chi connectivity index (χ4n) is 32.9. The van der Waals surface area contributed by atoms with E-state index in [0.717, 1.165) is 91.8 Å². The van der Waals surface area contributed by atoms with Crippen molar-refractivity contribution in [3.05, 3.63) is 34.9 Å². The monoisotopic (exact) mass is 2090 g/mol. The van der Waals surface area contributed by atoms with Gasteiger partial charge in [-0.05, 0) is 330 Å². The second kappa shape index (κ2) is 29.0. The minimum atomic E-state index is -1.89. The van der Waals surface area contributed by atoms with Crippen molar-refractivity contribution in [2.75, 3.05) is 0 Å². The summed E-state index contributed by atoms with van der Waals surface area (Å²) < 4.78 is 18.6. The average molecular weight is 2090 g/mol. The van der Waals surface area contributed by atoms with E-state index in [0.29, 0.717) is 83.2 Å². The van der Waals surface area contributed by atoms with Crippen LogP contribution < -0.4 is 0 Å². The molecule has 0 aromatic carbocycles. The first-order valence-electron chi connectivity index (χ1n) is 43.2. The number of fused-ring (bicyclic) bond motifs is 21. The third-order valence-corrected chi connectivity index (χ3v) is 45.9. The van der Waals surface area contributed by atoms with Crippen molar-refractivity contribution in [3.8, 4) is 0 Å². The number of aliphatic hydroxyl groups excluding tert-OH is 4. The molecule has 12 saturated carbocycles. The van der Waals surface area contributed by atoms with Crippen LogP contribution >= 0.6 is 9.42 Å². The number of halogens is 1. The molecule has 15 rings (SSSR count). The van der Waals surface area contributed by atoms with E-state index in [1.807, 2.05) is 11.1 Å². The number of aliphatic hydroxyl groups is 4. The van der Waals surface area contributed by atoms with Crippen molar-refractivity contribution in [1.82, 2.24) is 0 Å². The van der Waals surface area contributed by atoms with Crippen LogP contribution in [0.25, 0.3) is 0 Å². The molecule has 0 aromatic rings. The van der Waals surface area contributed by atoms with Crippen molar-refractivity contribution < 1.29 is 133 Å². The standard InChI is InChI=1S/C32H54O.C31H52O2.C31H52O.2Ac.ClH.O2S.W/c1-20-13-15-30(8)24(28(20,5)6)14-16-32(10)25(30)12-11-22-23-19-27(3,4)26(33)21(2)29(23,7)17-18-31(22,32)9;1-19-12-14-29(7)22(27(19,4)5)13-15-31(9)23(29)11-10-20-21-18-26(2,3)24(32)25(33)28(21,6)16-17-30(20,31)8;1-20-12-14-29(7)23(27(20,4)5)13-15-31(9)24(29)11-10-21-22-18-26(2,3)25(32)19-28(22,6)16-17-30(21,31)8;;;;1-3-2;/h11,20-21,23-26,33H,12-19H2,1-10H3;10,19,21-25,32-33H,11-18H2,1-9H3;10,20,22-25,32H,11-19H2,1-9H3;;;1H;;/q;;;;;;;+1/p-1. The first kappa shape index (κ1) is 90.1. The van der Waals surface area contributed by atoms with Crippen LogP contribution in [0.3, 0.4) is 0 Å². The summed E-state index contributed by atoms with van der Waals surface area (Å²) in [6, 6.07) is 0. The topological polar surface area (TPSA) is 115 Å². The van der Waals surface area contributed by atoms with E-state index >= 15 is 0 Å². The molecule has 2 radical (unpaired) electrons. The number of rotatable bonds is 0. The van der Waals surface area contributed by atoms with Crippen molar-refractivity contribution in [2.45, 2.75) is 379 Å². The molecule has 15 aliphatic carbocycles. The van der Waals surface area contributed by atoms with Gasteiger partial charge < -0.3 is 20.4 Å². The summed E-state index contributed by atoms with van der Waals surface area (Å²) in [6.07, 6.45) is 39.0. The van der Waals surface area contributed by atoms with E-state index in [4.69, 9.17) is 9.42 Å². The minimum Gasteiger partial charge on any atom is 0 e. The van der Waals surface area contributed by atoms with Gasteiger partial charge in [-0.1, -0.05) is 229 Å². The first-order valence-corrected chi connectivity index (χ1v) is 51.5. The van der Waals surface area contributed by atoms with E-state index in [2.05, 4.69) is 212 Å². The van der Waals surface area contributed by atoms with Gasteiger partial charge in [0.1, 0.15) is 0 Å². The van der Waals surface area contributed by atoms with Gasteiger partial charge in [-0.15, -0.1) is 0 Å². The Labute approximate surface area is 729 Å². The Bertz CT molecular complexity index is 3370. The molecule has 105 heavy (non-hydrogen) atoms. The van der Waals surface area contributed by atoms with Gasteiger partial charge in [0.2, 0.25) is 0 Å². The van der Waals surface area contributed by atoms with E-state index in [-0.39, 0.29) is 138 Å². The van der Waals surface area contributed by atoms with E-state index < -0.39 is 35.8 Å². The van der Waals surface area contributed by atoms with Gasteiger partial charge >= 0.3 is 41.4 Å². The quantitative estimate of drug-likeness (QED) is 0.180. The molecule has 15 aliphatic rings. The maximum atomic E-state index is 11.3. The molecule has 11 heteroatoms. The molecule has 0 amide bonds. The summed E-state index contributed by atoms with van der Waals surface area (Å²) >= 11 is -1.45. The Morgan fingerprint density at radius 1 is 0.352 bits per heavy atom.